The Balaban J connectivity index is 1.82. The molecule has 0 spiro atoms. The fourth-order valence-electron chi connectivity index (χ4n) is 3.71. The summed E-state index contributed by atoms with van der Waals surface area (Å²) in [6, 6.07) is 15.1. The maximum atomic E-state index is 13.2. The smallest absolute Gasteiger partial charge is 0.306 e. The maximum absolute atomic E-state index is 13.2. The molecule has 0 aromatic heterocycles. The molecule has 1 amide bonds. The van der Waals surface area contributed by atoms with Gasteiger partial charge < -0.3 is 15.6 Å². The number of primary amides is 1. The number of rotatable bonds is 8. The van der Waals surface area contributed by atoms with Crippen molar-refractivity contribution in [1.29, 1.82) is 0 Å². The summed E-state index contributed by atoms with van der Waals surface area (Å²) in [4.78, 5) is 25.6. The third-order valence-electron chi connectivity index (χ3n) is 5.32. The van der Waals surface area contributed by atoms with Crippen molar-refractivity contribution in [2.24, 2.45) is 11.7 Å². The normalized spacial score (nSPS) is 17.6. The van der Waals surface area contributed by atoms with Gasteiger partial charge in [0.25, 0.3) is 0 Å². The minimum atomic E-state index is -0.803. The number of carboxylic acid groups (broad SMARTS) is 1. The van der Waals surface area contributed by atoms with Gasteiger partial charge in [-0.25, -0.2) is 4.39 Å². The quantitative estimate of drug-likeness (QED) is 0.711. The summed E-state index contributed by atoms with van der Waals surface area (Å²) >= 11 is 0. The molecule has 1 heterocycles. The molecule has 1 aliphatic heterocycles. The zero-order valence-electron chi connectivity index (χ0n) is 16.0. The van der Waals surface area contributed by atoms with Crippen LogP contribution in [0.5, 0.6) is 0 Å². The predicted molar refractivity (Wildman–Crippen MR) is 105 cm³/mol. The molecule has 0 radical (unpaired) electrons. The van der Waals surface area contributed by atoms with Crippen LogP contribution < -0.4 is 5.73 Å². The van der Waals surface area contributed by atoms with Gasteiger partial charge in [0.1, 0.15) is 18.0 Å². The van der Waals surface area contributed by atoms with Crippen LogP contribution in [-0.2, 0) is 20.9 Å². The molecule has 0 saturated carbocycles. The van der Waals surface area contributed by atoms with E-state index in [9.17, 15) is 19.1 Å². The van der Waals surface area contributed by atoms with Crippen LogP contribution in [0.2, 0.25) is 0 Å². The Morgan fingerprint density at radius 3 is 2.28 bits per heavy atom. The number of aliphatic carboxylic acids is 1. The van der Waals surface area contributed by atoms with E-state index in [-0.39, 0.29) is 12.4 Å². The first-order valence-electron chi connectivity index (χ1n) is 9.63. The van der Waals surface area contributed by atoms with Crippen LogP contribution in [0, 0.1) is 11.7 Å². The van der Waals surface area contributed by atoms with E-state index in [0.29, 0.717) is 25.9 Å². The summed E-state index contributed by atoms with van der Waals surface area (Å²) in [5.41, 5.74) is 7.26. The summed E-state index contributed by atoms with van der Waals surface area (Å²) < 4.78 is 19.3. The van der Waals surface area contributed by atoms with E-state index in [2.05, 4.69) is 0 Å². The summed E-state index contributed by atoms with van der Waals surface area (Å²) in [7, 11) is 0. The van der Waals surface area contributed by atoms with Gasteiger partial charge in [0, 0.05) is 13.1 Å². The van der Waals surface area contributed by atoms with Crippen molar-refractivity contribution >= 4 is 11.9 Å². The molecular formula is C22H25FN2O4. The number of halogens is 1. The fourth-order valence-corrected chi connectivity index (χ4v) is 3.71. The second-order valence-electron chi connectivity index (χ2n) is 7.27. The van der Waals surface area contributed by atoms with E-state index in [1.807, 2.05) is 35.2 Å². The molecule has 2 unspecified atom stereocenters. The van der Waals surface area contributed by atoms with Crippen molar-refractivity contribution in [1.82, 2.24) is 4.90 Å². The molecule has 1 aliphatic rings. The van der Waals surface area contributed by atoms with Crippen LogP contribution in [0.15, 0.2) is 54.6 Å². The van der Waals surface area contributed by atoms with Crippen LogP contribution in [0.3, 0.4) is 0 Å². The number of nitrogens with zero attached hydrogens (tertiary/aromatic N) is 1. The molecule has 6 nitrogen and oxygen atoms in total. The van der Waals surface area contributed by atoms with Gasteiger partial charge in [-0.1, -0.05) is 42.5 Å². The summed E-state index contributed by atoms with van der Waals surface area (Å²) in [6.07, 6.45) is 0.313. The number of carbonyl (C=O) groups is 2. The lowest BCUT2D eigenvalue weighted by molar-refractivity contribution is -0.148. The second-order valence-corrected chi connectivity index (χ2v) is 7.27. The third-order valence-corrected chi connectivity index (χ3v) is 5.32. The van der Waals surface area contributed by atoms with Crippen molar-refractivity contribution in [3.63, 3.8) is 0 Å². The Morgan fingerprint density at radius 1 is 1.10 bits per heavy atom. The monoisotopic (exact) mass is 400 g/mol. The lowest BCUT2D eigenvalue weighted by Crippen LogP contribution is -2.49. The number of nitrogens with two attached hydrogens (primary N) is 1. The van der Waals surface area contributed by atoms with Crippen molar-refractivity contribution < 1.29 is 23.8 Å². The first kappa shape index (κ1) is 21.0. The van der Waals surface area contributed by atoms with Crippen molar-refractivity contribution in [3.05, 3.63) is 71.5 Å². The molecule has 0 aliphatic carbocycles. The molecule has 3 N–H and O–H groups in total. The topological polar surface area (TPSA) is 92.9 Å². The number of amides is 1. The van der Waals surface area contributed by atoms with E-state index in [1.54, 1.807) is 12.1 Å². The number of ether oxygens (including phenoxy) is 1. The summed E-state index contributed by atoms with van der Waals surface area (Å²) in [6.45, 7) is 1.16. The second kappa shape index (κ2) is 9.62. The van der Waals surface area contributed by atoms with Crippen LogP contribution >= 0.6 is 0 Å². The van der Waals surface area contributed by atoms with Crippen LogP contribution in [0.25, 0.3) is 0 Å². The highest BCUT2D eigenvalue weighted by molar-refractivity contribution is 5.82. The minimum absolute atomic E-state index is 0.181. The Labute approximate surface area is 169 Å². The van der Waals surface area contributed by atoms with Gasteiger partial charge in [-0.15, -0.1) is 0 Å². The van der Waals surface area contributed by atoms with E-state index < -0.39 is 29.9 Å². The van der Waals surface area contributed by atoms with Gasteiger partial charge in [-0.3, -0.25) is 14.5 Å². The Bertz CT molecular complexity index is 820. The standard InChI is InChI=1S/C22H25FN2O4/c23-18-8-6-15(7-9-18)14-29-21(25-12-10-17(11-13-25)22(27)28)19(20(24)26)16-4-2-1-3-5-16/h1-9,17,19,21H,10-14H2,(H2,24,26)(H,27,28). The predicted octanol–water partition coefficient (Wildman–Crippen LogP) is 2.73. The summed E-state index contributed by atoms with van der Waals surface area (Å²) in [5, 5.41) is 9.26. The SMILES string of the molecule is NC(=O)C(c1ccccc1)C(OCc1ccc(F)cc1)N1CCC(C(=O)O)CC1. The van der Waals surface area contributed by atoms with E-state index >= 15 is 0 Å². The van der Waals surface area contributed by atoms with Gasteiger partial charge in [-0.05, 0) is 36.1 Å². The summed E-state index contributed by atoms with van der Waals surface area (Å²) in [5.74, 6) is -2.75. The van der Waals surface area contributed by atoms with Crippen LogP contribution in [-0.4, -0.2) is 41.2 Å². The van der Waals surface area contributed by atoms with Crippen molar-refractivity contribution in [3.8, 4) is 0 Å². The Hall–Kier alpha value is -2.77. The molecule has 3 rings (SSSR count). The van der Waals surface area contributed by atoms with Crippen molar-refractivity contribution in [2.45, 2.75) is 31.6 Å². The fraction of sp³-hybridized carbons (Fsp3) is 0.364. The van der Waals surface area contributed by atoms with Crippen LogP contribution in [0.1, 0.15) is 29.9 Å². The van der Waals surface area contributed by atoms with Crippen molar-refractivity contribution in [2.75, 3.05) is 13.1 Å². The van der Waals surface area contributed by atoms with Gasteiger partial charge in [0.05, 0.1) is 12.5 Å². The molecule has 2 aromatic rings. The lowest BCUT2D eigenvalue weighted by atomic mass is 9.92. The number of benzene rings is 2. The molecule has 29 heavy (non-hydrogen) atoms. The first-order chi connectivity index (χ1) is 14.0. The van der Waals surface area contributed by atoms with Gasteiger partial charge in [0.2, 0.25) is 5.91 Å². The minimum Gasteiger partial charge on any atom is -0.481 e. The van der Waals surface area contributed by atoms with E-state index in [1.165, 1.54) is 12.1 Å². The number of carbonyl (C=O) groups excluding carboxylic acids is 1. The zero-order chi connectivity index (χ0) is 20.8. The average molecular weight is 400 g/mol. The highest BCUT2D eigenvalue weighted by Gasteiger charge is 2.36. The number of likely N-dealkylation sites (tertiary alicyclic amines) is 1. The number of hydrogen-bond donors (Lipinski definition) is 2. The first-order valence-corrected chi connectivity index (χ1v) is 9.63. The van der Waals surface area contributed by atoms with Gasteiger partial charge in [0.15, 0.2) is 0 Å². The molecule has 2 atom stereocenters. The highest BCUT2D eigenvalue weighted by Crippen LogP contribution is 2.29. The molecule has 0 bridgehead atoms. The highest BCUT2D eigenvalue weighted by atomic mass is 19.1. The van der Waals surface area contributed by atoms with Gasteiger partial charge in [-0.2, -0.15) is 0 Å². The number of piperidine rings is 1. The molecule has 2 aromatic carbocycles. The average Bonchev–Trinajstić information content (AvgIpc) is 2.72. The zero-order valence-corrected chi connectivity index (χ0v) is 16.0. The molecule has 7 heteroatoms. The molecule has 1 fully saturated rings. The van der Waals surface area contributed by atoms with Crippen LogP contribution in [0.4, 0.5) is 4.39 Å². The number of carboxylic acids is 1. The molecular weight excluding hydrogens is 375 g/mol. The number of hydrogen-bond acceptors (Lipinski definition) is 4. The Morgan fingerprint density at radius 2 is 1.72 bits per heavy atom. The van der Waals surface area contributed by atoms with E-state index in [4.69, 9.17) is 10.5 Å². The largest absolute Gasteiger partial charge is 0.481 e. The lowest BCUT2D eigenvalue weighted by Gasteiger charge is -2.39. The maximum Gasteiger partial charge on any atom is 0.306 e. The Kier molecular flexibility index (Phi) is 6.95. The molecule has 154 valence electrons. The molecule has 1 saturated heterocycles. The third kappa shape index (κ3) is 5.40. The van der Waals surface area contributed by atoms with Gasteiger partial charge >= 0.3 is 5.97 Å². The van der Waals surface area contributed by atoms with E-state index in [0.717, 1.165) is 11.1 Å².